The molecular formula is C25H30O. The molecule has 1 aliphatic carbocycles. The van der Waals surface area contributed by atoms with E-state index in [9.17, 15) is 0 Å². The highest BCUT2D eigenvalue weighted by atomic mass is 16.5. The van der Waals surface area contributed by atoms with Crippen molar-refractivity contribution in [2.45, 2.75) is 50.5 Å². The predicted octanol–water partition coefficient (Wildman–Crippen LogP) is 6.56. The van der Waals surface area contributed by atoms with E-state index >= 15 is 0 Å². The maximum absolute atomic E-state index is 5.52. The predicted molar refractivity (Wildman–Crippen MR) is 111 cm³/mol. The molecule has 136 valence electrons. The molecule has 0 saturated heterocycles. The molecule has 1 fully saturated rings. The van der Waals surface area contributed by atoms with E-state index in [4.69, 9.17) is 4.74 Å². The summed E-state index contributed by atoms with van der Waals surface area (Å²) in [7, 11) is 0. The van der Waals surface area contributed by atoms with Gasteiger partial charge in [0.25, 0.3) is 0 Å². The summed E-state index contributed by atoms with van der Waals surface area (Å²) in [5.41, 5.74) is 5.58. The lowest BCUT2D eigenvalue weighted by Gasteiger charge is -2.29. The molecule has 2 aromatic carbocycles. The molecular weight excluding hydrogens is 316 g/mol. The number of hydrogen-bond acceptors (Lipinski definition) is 1. The zero-order valence-electron chi connectivity index (χ0n) is 15.7. The van der Waals surface area contributed by atoms with E-state index in [1.165, 1.54) is 47.9 Å². The van der Waals surface area contributed by atoms with Crippen molar-refractivity contribution in [3.8, 4) is 0 Å². The Labute approximate surface area is 158 Å². The topological polar surface area (TPSA) is 9.23 Å². The molecule has 0 atom stereocenters. The minimum absolute atomic E-state index is 0.611. The van der Waals surface area contributed by atoms with E-state index in [1.807, 2.05) is 6.08 Å². The van der Waals surface area contributed by atoms with Gasteiger partial charge in [0, 0.05) is 0 Å². The summed E-state index contributed by atoms with van der Waals surface area (Å²) in [5.74, 6) is 1.42. The fourth-order valence-corrected chi connectivity index (χ4v) is 4.00. The van der Waals surface area contributed by atoms with Gasteiger partial charge in [-0.1, -0.05) is 60.7 Å². The second-order valence-corrected chi connectivity index (χ2v) is 7.33. The van der Waals surface area contributed by atoms with E-state index in [2.05, 4.69) is 61.7 Å². The fraction of sp³-hybridized carbons (Fsp3) is 0.360. The third kappa shape index (κ3) is 4.95. The molecule has 0 bridgehead atoms. The second kappa shape index (κ2) is 9.54. The van der Waals surface area contributed by atoms with Crippen LogP contribution in [0.3, 0.4) is 0 Å². The number of hydrogen-bond donors (Lipinski definition) is 0. The van der Waals surface area contributed by atoms with Crippen molar-refractivity contribution in [2.75, 3.05) is 6.61 Å². The molecule has 2 aromatic rings. The summed E-state index contributed by atoms with van der Waals surface area (Å²) >= 11 is 0. The summed E-state index contributed by atoms with van der Waals surface area (Å²) in [6.07, 6.45) is 9.86. The van der Waals surface area contributed by atoms with Crippen molar-refractivity contribution in [3.63, 3.8) is 0 Å². The Morgan fingerprint density at radius 3 is 1.69 bits per heavy atom. The quantitative estimate of drug-likeness (QED) is 0.388. The zero-order chi connectivity index (χ0) is 18.2. The zero-order valence-corrected chi connectivity index (χ0v) is 15.7. The number of rotatable bonds is 8. The number of ether oxygens (including phenoxy) is 1. The third-order valence-corrected chi connectivity index (χ3v) is 5.51. The van der Waals surface area contributed by atoms with Crippen LogP contribution in [0.25, 0.3) is 0 Å². The normalized spacial score (nSPS) is 19.8. The highest BCUT2D eigenvalue weighted by Crippen LogP contribution is 2.40. The standard InChI is InChI=1S/C25H30O/c1-3-5-20-6-10-22(11-7-20)24-14-16-25(17-15-24)23-12-8-21(9-13-23)19-26-18-4-2/h3-4,6-13,24-25H,1-2,5,14-19H2. The van der Waals surface area contributed by atoms with Gasteiger partial charge in [-0.05, 0) is 66.2 Å². The Morgan fingerprint density at radius 1 is 0.731 bits per heavy atom. The molecule has 1 heteroatoms. The first-order valence-electron chi connectivity index (χ1n) is 9.77. The number of allylic oxidation sites excluding steroid dienone is 1. The molecule has 0 heterocycles. The van der Waals surface area contributed by atoms with Crippen LogP contribution in [0, 0.1) is 0 Å². The molecule has 0 unspecified atom stereocenters. The Hall–Kier alpha value is -2.12. The first-order valence-corrected chi connectivity index (χ1v) is 9.77. The van der Waals surface area contributed by atoms with Gasteiger partial charge in [-0.3, -0.25) is 0 Å². The molecule has 0 spiro atoms. The van der Waals surface area contributed by atoms with Crippen LogP contribution in [-0.4, -0.2) is 6.61 Å². The molecule has 3 rings (SSSR count). The average Bonchev–Trinajstić information content (AvgIpc) is 2.70. The largest absolute Gasteiger partial charge is 0.373 e. The minimum atomic E-state index is 0.611. The summed E-state index contributed by atoms with van der Waals surface area (Å²) in [6.45, 7) is 8.78. The molecule has 1 saturated carbocycles. The molecule has 0 aliphatic heterocycles. The first kappa shape index (κ1) is 18.7. The van der Waals surface area contributed by atoms with Crippen LogP contribution in [-0.2, 0) is 17.8 Å². The molecule has 1 aliphatic rings. The van der Waals surface area contributed by atoms with Gasteiger partial charge in [0.15, 0.2) is 0 Å². The lowest BCUT2D eigenvalue weighted by Crippen LogP contribution is -2.12. The SMILES string of the molecule is C=CCOCc1ccc(C2CCC(c3ccc(CC=C)cc3)CC2)cc1. The molecule has 0 N–H and O–H groups in total. The van der Waals surface area contributed by atoms with E-state index in [1.54, 1.807) is 6.08 Å². The van der Waals surface area contributed by atoms with Gasteiger partial charge in [0.05, 0.1) is 13.2 Å². The van der Waals surface area contributed by atoms with Gasteiger partial charge < -0.3 is 4.74 Å². The van der Waals surface area contributed by atoms with Gasteiger partial charge in [0.2, 0.25) is 0 Å². The number of benzene rings is 2. The van der Waals surface area contributed by atoms with Crippen molar-refractivity contribution in [1.29, 1.82) is 0 Å². The molecule has 26 heavy (non-hydrogen) atoms. The average molecular weight is 347 g/mol. The van der Waals surface area contributed by atoms with E-state index in [0.29, 0.717) is 19.1 Å². The van der Waals surface area contributed by atoms with Crippen LogP contribution in [0.5, 0.6) is 0 Å². The monoisotopic (exact) mass is 346 g/mol. The van der Waals surface area contributed by atoms with Crippen molar-refractivity contribution in [3.05, 3.63) is 96.1 Å². The maximum atomic E-state index is 5.52. The molecule has 0 aromatic heterocycles. The van der Waals surface area contributed by atoms with Crippen LogP contribution in [0.1, 0.15) is 59.8 Å². The van der Waals surface area contributed by atoms with Gasteiger partial charge in [0.1, 0.15) is 0 Å². The third-order valence-electron chi connectivity index (χ3n) is 5.51. The molecule has 0 amide bonds. The van der Waals surface area contributed by atoms with Gasteiger partial charge >= 0.3 is 0 Å². The fourth-order valence-electron chi connectivity index (χ4n) is 4.00. The summed E-state index contributed by atoms with van der Waals surface area (Å²) in [5, 5.41) is 0. The van der Waals surface area contributed by atoms with Crippen molar-refractivity contribution >= 4 is 0 Å². The van der Waals surface area contributed by atoms with Crippen LogP contribution >= 0.6 is 0 Å². The van der Waals surface area contributed by atoms with Gasteiger partial charge in [-0.15, -0.1) is 13.2 Å². The van der Waals surface area contributed by atoms with Crippen LogP contribution in [0.2, 0.25) is 0 Å². The van der Waals surface area contributed by atoms with Crippen LogP contribution in [0.4, 0.5) is 0 Å². The van der Waals surface area contributed by atoms with Crippen molar-refractivity contribution < 1.29 is 4.74 Å². The van der Waals surface area contributed by atoms with Crippen molar-refractivity contribution in [2.24, 2.45) is 0 Å². The van der Waals surface area contributed by atoms with E-state index in [0.717, 1.165) is 12.3 Å². The van der Waals surface area contributed by atoms with Crippen LogP contribution < -0.4 is 0 Å². The maximum Gasteiger partial charge on any atom is 0.0721 e. The molecule has 0 radical (unpaired) electrons. The van der Waals surface area contributed by atoms with E-state index < -0.39 is 0 Å². The Morgan fingerprint density at radius 2 is 1.23 bits per heavy atom. The Balaban J connectivity index is 1.52. The first-order chi connectivity index (χ1) is 12.8. The van der Waals surface area contributed by atoms with Gasteiger partial charge in [-0.2, -0.15) is 0 Å². The highest BCUT2D eigenvalue weighted by Gasteiger charge is 2.23. The second-order valence-electron chi connectivity index (χ2n) is 7.33. The summed E-state index contributed by atoms with van der Waals surface area (Å²) < 4.78 is 5.52. The lowest BCUT2D eigenvalue weighted by molar-refractivity contribution is 0.149. The van der Waals surface area contributed by atoms with Crippen LogP contribution in [0.15, 0.2) is 73.8 Å². The Kier molecular flexibility index (Phi) is 6.85. The minimum Gasteiger partial charge on any atom is -0.373 e. The van der Waals surface area contributed by atoms with Gasteiger partial charge in [-0.25, -0.2) is 0 Å². The lowest BCUT2D eigenvalue weighted by atomic mass is 9.76. The van der Waals surface area contributed by atoms with E-state index in [-0.39, 0.29) is 0 Å². The van der Waals surface area contributed by atoms with Crippen molar-refractivity contribution in [1.82, 2.24) is 0 Å². The smallest absolute Gasteiger partial charge is 0.0721 e. The Bertz CT molecular complexity index is 688. The molecule has 1 nitrogen and oxygen atoms in total. The summed E-state index contributed by atoms with van der Waals surface area (Å²) in [4.78, 5) is 0. The summed E-state index contributed by atoms with van der Waals surface area (Å²) in [6, 6.07) is 18.2. The highest BCUT2D eigenvalue weighted by molar-refractivity contribution is 5.29.